The lowest BCUT2D eigenvalue weighted by Crippen LogP contribution is -2.36. The van der Waals surface area contributed by atoms with Crippen molar-refractivity contribution in [3.05, 3.63) is 101 Å². The summed E-state index contributed by atoms with van der Waals surface area (Å²) in [6, 6.07) is 21.7. The smallest absolute Gasteiger partial charge is 0.273 e. The molecule has 0 bridgehead atoms. The Hall–Kier alpha value is -5.22. The summed E-state index contributed by atoms with van der Waals surface area (Å²) >= 11 is 0. The molecule has 3 aromatic carbocycles. The highest BCUT2D eigenvalue weighted by Crippen LogP contribution is 2.29. The average Bonchev–Trinajstić information content (AvgIpc) is 3.52. The number of H-pyrrole nitrogens is 1. The molecule has 0 unspecified atom stereocenters. The number of aromatic hydroxyl groups is 1. The van der Waals surface area contributed by atoms with Crippen LogP contribution in [-0.2, 0) is 11.8 Å². The van der Waals surface area contributed by atoms with Gasteiger partial charge < -0.3 is 25.0 Å². The Bertz CT molecular complexity index is 1810. The number of carbonyl (C=O) groups is 2. The van der Waals surface area contributed by atoms with Gasteiger partial charge >= 0.3 is 0 Å². The Morgan fingerprint density at radius 1 is 1.02 bits per heavy atom. The molecular weight excluding hydrogens is 532 g/mol. The standard InChI is InChI=1S/C32H30N6O4/c1-20-16-29(37(2)36-20)32(41)34-24-5-3-4-21(17-24)30(39)22-6-11-26-27(31(40)35-28(26)18-22)19-33-23-7-9-25(10-8-23)38-12-14-42-15-13-38/h3-11,16-19,35,40H,12-15H2,1-2H3,(H,34,41). The SMILES string of the molecule is Cc1cc(C(=O)Nc2cccc(C(=O)c3ccc4c(C=Nc5ccc(N6CCOCC6)cc5)c(O)[nH]c4c3)c2)n(C)n1. The maximum Gasteiger partial charge on any atom is 0.273 e. The minimum absolute atomic E-state index is 0.0293. The predicted molar refractivity (Wildman–Crippen MR) is 162 cm³/mol. The van der Waals surface area contributed by atoms with E-state index in [1.807, 2.05) is 31.2 Å². The van der Waals surface area contributed by atoms with Crippen LogP contribution in [0.4, 0.5) is 17.1 Å². The van der Waals surface area contributed by atoms with Gasteiger partial charge in [0.25, 0.3) is 5.91 Å². The third-order valence-corrected chi connectivity index (χ3v) is 7.27. The van der Waals surface area contributed by atoms with Gasteiger partial charge in [-0.2, -0.15) is 5.10 Å². The average molecular weight is 563 g/mol. The number of nitrogens with one attached hydrogen (secondary N) is 2. The van der Waals surface area contributed by atoms with Crippen molar-refractivity contribution in [2.24, 2.45) is 12.0 Å². The van der Waals surface area contributed by atoms with E-state index >= 15 is 0 Å². The lowest BCUT2D eigenvalue weighted by molar-refractivity contribution is 0.101. The zero-order valence-corrected chi connectivity index (χ0v) is 23.3. The van der Waals surface area contributed by atoms with E-state index < -0.39 is 0 Å². The van der Waals surface area contributed by atoms with Crippen molar-refractivity contribution in [2.45, 2.75) is 6.92 Å². The maximum absolute atomic E-state index is 13.4. The van der Waals surface area contributed by atoms with Crippen LogP contribution in [0.1, 0.15) is 37.7 Å². The molecule has 1 aliphatic heterocycles. The third kappa shape index (κ3) is 5.52. The van der Waals surface area contributed by atoms with Gasteiger partial charge in [0.1, 0.15) is 5.69 Å². The molecule has 10 nitrogen and oxygen atoms in total. The molecule has 0 spiro atoms. The summed E-state index contributed by atoms with van der Waals surface area (Å²) in [6.45, 7) is 5.00. The second-order valence-corrected chi connectivity index (χ2v) is 10.2. The number of carbonyl (C=O) groups excluding carboxylic acids is 2. The largest absolute Gasteiger partial charge is 0.494 e. The highest BCUT2D eigenvalue weighted by molar-refractivity contribution is 6.13. The van der Waals surface area contributed by atoms with Crippen LogP contribution in [0.5, 0.6) is 5.88 Å². The lowest BCUT2D eigenvalue weighted by atomic mass is 10.0. The summed E-state index contributed by atoms with van der Waals surface area (Å²) in [5.41, 5.74) is 5.56. The fourth-order valence-electron chi connectivity index (χ4n) is 5.11. The first kappa shape index (κ1) is 27.0. The number of benzene rings is 3. The monoisotopic (exact) mass is 562 g/mol. The summed E-state index contributed by atoms with van der Waals surface area (Å²) < 4.78 is 6.94. The van der Waals surface area contributed by atoms with Gasteiger partial charge in [0.2, 0.25) is 0 Å². The molecule has 1 amide bonds. The summed E-state index contributed by atoms with van der Waals surface area (Å²) in [5.74, 6) is -0.555. The molecule has 42 heavy (non-hydrogen) atoms. The normalized spacial score (nSPS) is 13.6. The molecule has 6 rings (SSSR count). The number of hydrogen-bond donors (Lipinski definition) is 3. The second-order valence-electron chi connectivity index (χ2n) is 10.2. The van der Waals surface area contributed by atoms with Crippen LogP contribution >= 0.6 is 0 Å². The number of ether oxygens (including phenoxy) is 1. The van der Waals surface area contributed by atoms with E-state index in [4.69, 9.17) is 4.74 Å². The zero-order valence-electron chi connectivity index (χ0n) is 23.3. The topological polar surface area (TPSA) is 125 Å². The van der Waals surface area contributed by atoms with Crippen LogP contribution < -0.4 is 10.2 Å². The number of ketones is 1. The highest BCUT2D eigenvalue weighted by Gasteiger charge is 2.17. The number of nitrogens with zero attached hydrogens (tertiary/aromatic N) is 4. The fourth-order valence-corrected chi connectivity index (χ4v) is 5.11. The van der Waals surface area contributed by atoms with Crippen molar-refractivity contribution in [3.8, 4) is 5.88 Å². The zero-order chi connectivity index (χ0) is 29.2. The summed E-state index contributed by atoms with van der Waals surface area (Å²) in [6.07, 6.45) is 1.62. The molecule has 10 heteroatoms. The molecule has 2 aromatic heterocycles. The van der Waals surface area contributed by atoms with Gasteiger partial charge in [-0.05, 0) is 55.5 Å². The molecule has 3 heterocycles. The van der Waals surface area contributed by atoms with Gasteiger partial charge in [-0.3, -0.25) is 19.3 Å². The Balaban J connectivity index is 1.18. The van der Waals surface area contributed by atoms with Gasteiger partial charge in [-0.15, -0.1) is 0 Å². The molecule has 0 atom stereocenters. The van der Waals surface area contributed by atoms with Crippen molar-refractivity contribution < 1.29 is 19.4 Å². The Morgan fingerprint density at radius 2 is 1.79 bits per heavy atom. The Morgan fingerprint density at radius 3 is 2.52 bits per heavy atom. The number of amides is 1. The van der Waals surface area contributed by atoms with Crippen LogP contribution in [-0.4, -0.2) is 64.1 Å². The van der Waals surface area contributed by atoms with Crippen LogP contribution in [0, 0.1) is 6.92 Å². The van der Waals surface area contributed by atoms with Crippen molar-refractivity contribution in [1.29, 1.82) is 0 Å². The highest BCUT2D eigenvalue weighted by atomic mass is 16.5. The van der Waals surface area contributed by atoms with Gasteiger partial charge in [0.05, 0.1) is 30.2 Å². The van der Waals surface area contributed by atoms with Crippen molar-refractivity contribution in [1.82, 2.24) is 14.8 Å². The van der Waals surface area contributed by atoms with Gasteiger partial charge in [-0.25, -0.2) is 0 Å². The van der Waals surface area contributed by atoms with E-state index in [1.54, 1.807) is 61.8 Å². The van der Waals surface area contributed by atoms with E-state index in [2.05, 4.69) is 25.3 Å². The second kappa shape index (κ2) is 11.3. The van der Waals surface area contributed by atoms with Crippen LogP contribution in [0.2, 0.25) is 0 Å². The molecule has 1 aliphatic rings. The van der Waals surface area contributed by atoms with E-state index in [0.717, 1.165) is 48.8 Å². The van der Waals surface area contributed by atoms with E-state index in [9.17, 15) is 14.7 Å². The van der Waals surface area contributed by atoms with E-state index in [0.29, 0.717) is 33.6 Å². The number of hydrogen-bond acceptors (Lipinski definition) is 7. The van der Waals surface area contributed by atoms with E-state index in [1.165, 1.54) is 4.68 Å². The summed E-state index contributed by atoms with van der Waals surface area (Å²) in [5, 5.41) is 18.4. The summed E-state index contributed by atoms with van der Waals surface area (Å²) in [7, 11) is 1.71. The first-order valence-corrected chi connectivity index (χ1v) is 13.6. The number of rotatable bonds is 7. The van der Waals surface area contributed by atoms with Gasteiger partial charge in [-0.1, -0.05) is 24.3 Å². The molecule has 1 saturated heterocycles. The molecule has 3 N–H and O–H groups in total. The molecule has 212 valence electrons. The fraction of sp³-hybridized carbons (Fsp3) is 0.188. The number of aliphatic imine (C=N–C) groups is 1. The molecule has 0 radical (unpaired) electrons. The predicted octanol–water partition coefficient (Wildman–Crippen LogP) is 4.99. The van der Waals surface area contributed by atoms with Crippen LogP contribution in [0.3, 0.4) is 0 Å². The maximum atomic E-state index is 13.4. The van der Waals surface area contributed by atoms with E-state index in [-0.39, 0.29) is 17.6 Å². The first-order chi connectivity index (χ1) is 20.4. The number of aromatic amines is 1. The lowest BCUT2D eigenvalue weighted by Gasteiger charge is -2.28. The van der Waals surface area contributed by atoms with Gasteiger partial charge in [0.15, 0.2) is 11.7 Å². The Labute approximate surface area is 242 Å². The number of morpholine rings is 1. The van der Waals surface area contributed by atoms with Crippen molar-refractivity contribution >= 4 is 45.9 Å². The van der Waals surface area contributed by atoms with Crippen LogP contribution in [0.25, 0.3) is 10.9 Å². The molecule has 5 aromatic rings. The van der Waals surface area contributed by atoms with Crippen molar-refractivity contribution in [2.75, 3.05) is 36.5 Å². The molecule has 1 fully saturated rings. The quantitative estimate of drug-likeness (QED) is 0.190. The first-order valence-electron chi connectivity index (χ1n) is 13.6. The van der Waals surface area contributed by atoms with Crippen molar-refractivity contribution in [3.63, 3.8) is 0 Å². The number of fused-ring (bicyclic) bond motifs is 1. The summed E-state index contributed by atoms with van der Waals surface area (Å²) in [4.78, 5) is 35.8. The molecular formula is C32H30N6O4. The minimum atomic E-state index is -0.312. The van der Waals surface area contributed by atoms with Gasteiger partial charge in [0, 0.05) is 59.8 Å². The number of aromatic nitrogens is 3. The van der Waals surface area contributed by atoms with Crippen LogP contribution in [0.15, 0.2) is 77.8 Å². The number of aryl methyl sites for hydroxylation is 2. The third-order valence-electron chi connectivity index (χ3n) is 7.27. The minimum Gasteiger partial charge on any atom is -0.494 e. The number of anilines is 2. The molecule has 0 saturated carbocycles. The Kier molecular flexibility index (Phi) is 7.28. The molecule has 0 aliphatic carbocycles.